The van der Waals surface area contributed by atoms with Gasteiger partial charge in [0.15, 0.2) is 15.5 Å². The molecule has 0 radical (unpaired) electrons. The third-order valence-electron chi connectivity index (χ3n) is 3.20. The monoisotopic (exact) mass is 317 g/mol. The molecule has 0 aromatic carbocycles. The summed E-state index contributed by atoms with van der Waals surface area (Å²) >= 11 is 0. The zero-order chi connectivity index (χ0) is 16.4. The van der Waals surface area contributed by atoms with Crippen LogP contribution in [0.2, 0.25) is 0 Å². The lowest BCUT2D eigenvalue weighted by Gasteiger charge is -2.19. The Kier molecular flexibility index (Phi) is 5.14. The normalized spacial score (nSPS) is 12.7. The van der Waals surface area contributed by atoms with E-state index in [0.29, 0.717) is 5.69 Å². The van der Waals surface area contributed by atoms with Gasteiger partial charge in [-0.25, -0.2) is 17.9 Å². The first-order chi connectivity index (χ1) is 9.51. The van der Waals surface area contributed by atoms with Crippen molar-refractivity contribution < 1.29 is 17.9 Å². The minimum Gasteiger partial charge on any atom is -0.464 e. The molecule has 1 heterocycles. The maximum atomic E-state index is 12.2. The van der Waals surface area contributed by atoms with Gasteiger partial charge in [0.1, 0.15) is 0 Å². The van der Waals surface area contributed by atoms with Gasteiger partial charge in [0.2, 0.25) is 0 Å². The number of hydrogen-bond acceptors (Lipinski definition) is 6. The minimum atomic E-state index is -3.26. The first-order valence-electron chi connectivity index (χ1n) is 6.75. The lowest BCUT2D eigenvalue weighted by atomic mass is 10.1. The first kappa shape index (κ1) is 17.6. The number of nitrogens with zero attached hydrogens (tertiary/aromatic N) is 3. The molecule has 1 rings (SSSR count). The molecule has 0 N–H and O–H groups in total. The van der Waals surface area contributed by atoms with Crippen LogP contribution in [0.5, 0.6) is 0 Å². The van der Waals surface area contributed by atoms with E-state index >= 15 is 0 Å². The van der Waals surface area contributed by atoms with Crippen LogP contribution in [0.15, 0.2) is 0 Å². The van der Waals surface area contributed by atoms with Crippen molar-refractivity contribution in [2.75, 3.05) is 12.9 Å². The van der Waals surface area contributed by atoms with Crippen molar-refractivity contribution in [3.05, 3.63) is 11.4 Å². The summed E-state index contributed by atoms with van der Waals surface area (Å²) in [6.45, 7) is 8.92. The SMILES string of the molecule is COC(=O)c1nnn(CCS(=O)(=O)C(C)(C)C)c1C(C)C. The molecular formula is C13H23N3O4S. The molecule has 1 aromatic rings. The fraction of sp³-hybridized carbons (Fsp3) is 0.769. The van der Waals surface area contributed by atoms with Gasteiger partial charge in [0.25, 0.3) is 0 Å². The average molecular weight is 317 g/mol. The van der Waals surface area contributed by atoms with Gasteiger partial charge in [0.05, 0.1) is 29.8 Å². The number of esters is 1. The number of carbonyl (C=O) groups excluding carboxylic acids is 1. The smallest absolute Gasteiger partial charge is 0.360 e. The second-order valence-electron chi connectivity index (χ2n) is 6.12. The lowest BCUT2D eigenvalue weighted by molar-refractivity contribution is 0.0592. The Morgan fingerprint density at radius 2 is 1.90 bits per heavy atom. The number of aryl methyl sites for hydroxylation is 1. The summed E-state index contributed by atoms with van der Waals surface area (Å²) in [5.41, 5.74) is 0.728. The Morgan fingerprint density at radius 1 is 1.33 bits per heavy atom. The van der Waals surface area contributed by atoms with E-state index in [1.54, 1.807) is 20.8 Å². The molecule has 0 bridgehead atoms. The van der Waals surface area contributed by atoms with Crippen LogP contribution in [0.3, 0.4) is 0 Å². The quantitative estimate of drug-likeness (QED) is 0.762. The maximum absolute atomic E-state index is 12.2. The van der Waals surface area contributed by atoms with Gasteiger partial charge in [-0.05, 0) is 26.7 Å². The summed E-state index contributed by atoms with van der Waals surface area (Å²) in [5.74, 6) is -0.643. The summed E-state index contributed by atoms with van der Waals surface area (Å²) in [4.78, 5) is 11.7. The van der Waals surface area contributed by atoms with Crippen LogP contribution in [-0.4, -0.2) is 47.0 Å². The molecule has 8 heteroatoms. The Hall–Kier alpha value is -1.44. The molecule has 21 heavy (non-hydrogen) atoms. The van der Waals surface area contributed by atoms with Crippen LogP contribution >= 0.6 is 0 Å². The predicted octanol–water partition coefficient (Wildman–Crippen LogP) is 1.40. The number of sulfone groups is 1. The molecule has 0 saturated heterocycles. The maximum Gasteiger partial charge on any atom is 0.360 e. The topological polar surface area (TPSA) is 91.2 Å². The molecule has 7 nitrogen and oxygen atoms in total. The van der Waals surface area contributed by atoms with Gasteiger partial charge in [-0.2, -0.15) is 0 Å². The van der Waals surface area contributed by atoms with Gasteiger partial charge in [0, 0.05) is 0 Å². The van der Waals surface area contributed by atoms with Crippen molar-refractivity contribution in [2.24, 2.45) is 0 Å². The minimum absolute atomic E-state index is 0.0218. The second kappa shape index (κ2) is 6.13. The molecule has 0 spiro atoms. The molecule has 0 aliphatic carbocycles. The van der Waals surface area contributed by atoms with Crippen molar-refractivity contribution >= 4 is 15.8 Å². The fourth-order valence-electron chi connectivity index (χ4n) is 1.81. The van der Waals surface area contributed by atoms with Crippen LogP contribution in [0.25, 0.3) is 0 Å². The summed E-state index contributed by atoms with van der Waals surface area (Å²) in [6.07, 6.45) is 0. The number of hydrogen-bond donors (Lipinski definition) is 0. The lowest BCUT2D eigenvalue weighted by Crippen LogP contribution is -2.32. The van der Waals surface area contributed by atoms with Crippen LogP contribution in [0.1, 0.15) is 56.7 Å². The third kappa shape index (κ3) is 3.81. The van der Waals surface area contributed by atoms with E-state index in [4.69, 9.17) is 0 Å². The first-order valence-corrected chi connectivity index (χ1v) is 8.40. The standard InChI is InChI=1S/C13H23N3O4S/c1-9(2)11-10(12(17)20-6)14-15-16(11)7-8-21(18,19)13(3,4)5/h9H,7-8H2,1-6H3. The van der Waals surface area contributed by atoms with Crippen LogP contribution in [0.4, 0.5) is 0 Å². The number of rotatable bonds is 5. The van der Waals surface area contributed by atoms with E-state index in [9.17, 15) is 13.2 Å². The molecule has 0 aliphatic heterocycles. The Morgan fingerprint density at radius 3 is 2.33 bits per heavy atom. The van der Waals surface area contributed by atoms with Gasteiger partial charge in [-0.3, -0.25) is 0 Å². The summed E-state index contributed by atoms with van der Waals surface area (Å²) < 4.78 is 29.6. The summed E-state index contributed by atoms with van der Waals surface area (Å²) in [7, 11) is -1.99. The number of aromatic nitrogens is 3. The second-order valence-corrected chi connectivity index (χ2v) is 8.99. The highest BCUT2D eigenvalue weighted by atomic mass is 32.2. The number of carbonyl (C=O) groups is 1. The van der Waals surface area contributed by atoms with Gasteiger partial charge in [-0.15, -0.1) is 5.10 Å². The molecule has 0 amide bonds. The molecule has 0 fully saturated rings. The number of methoxy groups -OCH3 is 1. The van der Waals surface area contributed by atoms with Crippen LogP contribution in [-0.2, 0) is 21.1 Å². The highest BCUT2D eigenvalue weighted by molar-refractivity contribution is 7.92. The van der Waals surface area contributed by atoms with Gasteiger partial charge < -0.3 is 4.74 Å². The molecule has 0 saturated carbocycles. The third-order valence-corrected chi connectivity index (χ3v) is 5.79. The van der Waals surface area contributed by atoms with Crippen LogP contribution in [0, 0.1) is 0 Å². The fourth-order valence-corrected chi connectivity index (χ4v) is 2.84. The van der Waals surface area contributed by atoms with E-state index in [1.165, 1.54) is 11.8 Å². The van der Waals surface area contributed by atoms with Crippen molar-refractivity contribution in [2.45, 2.75) is 51.8 Å². The molecular weight excluding hydrogens is 294 g/mol. The van der Waals surface area contributed by atoms with Gasteiger partial charge >= 0.3 is 5.97 Å². The molecule has 0 unspecified atom stereocenters. The number of ether oxygens (including phenoxy) is 1. The van der Waals surface area contributed by atoms with E-state index in [0.717, 1.165) is 0 Å². The molecule has 120 valence electrons. The Balaban J connectivity index is 3.06. The molecule has 0 aliphatic rings. The Labute approximate surface area is 125 Å². The van der Waals surface area contributed by atoms with Crippen molar-refractivity contribution in [3.63, 3.8) is 0 Å². The highest BCUT2D eigenvalue weighted by Crippen LogP contribution is 2.20. The zero-order valence-electron chi connectivity index (χ0n) is 13.4. The van der Waals surface area contributed by atoms with E-state index in [1.807, 2.05) is 13.8 Å². The van der Waals surface area contributed by atoms with E-state index in [-0.39, 0.29) is 23.9 Å². The predicted molar refractivity (Wildman–Crippen MR) is 79.0 cm³/mol. The van der Waals surface area contributed by atoms with Crippen molar-refractivity contribution in [3.8, 4) is 0 Å². The van der Waals surface area contributed by atoms with Crippen molar-refractivity contribution in [1.29, 1.82) is 0 Å². The van der Waals surface area contributed by atoms with E-state index in [2.05, 4.69) is 15.0 Å². The molecule has 1 aromatic heterocycles. The van der Waals surface area contributed by atoms with Gasteiger partial charge in [-0.1, -0.05) is 19.1 Å². The van der Waals surface area contributed by atoms with Crippen LogP contribution < -0.4 is 0 Å². The summed E-state index contributed by atoms with van der Waals surface area (Å²) in [6, 6.07) is 0. The molecule has 0 atom stereocenters. The van der Waals surface area contributed by atoms with Crippen molar-refractivity contribution in [1.82, 2.24) is 15.0 Å². The summed E-state index contributed by atoms with van der Waals surface area (Å²) in [5, 5.41) is 7.71. The largest absolute Gasteiger partial charge is 0.464 e. The Bertz CT molecular complexity index is 612. The zero-order valence-corrected chi connectivity index (χ0v) is 14.2. The highest BCUT2D eigenvalue weighted by Gasteiger charge is 2.30. The average Bonchev–Trinajstić information content (AvgIpc) is 2.78. The van der Waals surface area contributed by atoms with E-state index < -0.39 is 20.6 Å².